The van der Waals surface area contributed by atoms with E-state index in [9.17, 15) is 14.4 Å². The fraction of sp³-hybridized carbons (Fsp3) is 0.609. The van der Waals surface area contributed by atoms with Gasteiger partial charge in [0.05, 0.1) is 13.5 Å². The molecule has 162 valence electrons. The molecule has 7 nitrogen and oxygen atoms in total. The summed E-state index contributed by atoms with van der Waals surface area (Å²) >= 11 is 0. The first-order chi connectivity index (χ1) is 14.5. The van der Waals surface area contributed by atoms with Crippen molar-refractivity contribution in [3.05, 3.63) is 29.8 Å². The average molecular weight is 415 g/mol. The van der Waals surface area contributed by atoms with E-state index in [0.717, 1.165) is 37.0 Å². The van der Waals surface area contributed by atoms with Gasteiger partial charge in [0, 0.05) is 38.0 Å². The van der Waals surface area contributed by atoms with E-state index in [2.05, 4.69) is 11.0 Å². The lowest BCUT2D eigenvalue weighted by Crippen LogP contribution is -2.66. The smallest absolute Gasteiger partial charge is 0.303 e. The summed E-state index contributed by atoms with van der Waals surface area (Å²) in [5.74, 6) is 0.505. The summed E-state index contributed by atoms with van der Waals surface area (Å²) < 4.78 is 5.37. The molecule has 3 saturated heterocycles. The van der Waals surface area contributed by atoms with Gasteiger partial charge in [0.2, 0.25) is 11.8 Å². The zero-order valence-corrected chi connectivity index (χ0v) is 17.5. The molecule has 0 radical (unpaired) electrons. The maximum Gasteiger partial charge on any atom is 0.303 e. The minimum atomic E-state index is -0.944. The molecule has 2 bridgehead atoms. The first kappa shape index (κ1) is 20.7. The van der Waals surface area contributed by atoms with Crippen LogP contribution in [0.1, 0.15) is 44.1 Å². The number of carbonyl (C=O) groups excluding carboxylic acids is 2. The number of carbonyl (C=O) groups is 3. The Hall–Kier alpha value is -2.57. The summed E-state index contributed by atoms with van der Waals surface area (Å²) in [5, 5.41) is 8.93. The van der Waals surface area contributed by atoms with Gasteiger partial charge in [0.1, 0.15) is 5.75 Å². The number of methoxy groups -OCH3 is 1. The van der Waals surface area contributed by atoms with Crippen molar-refractivity contribution < 1.29 is 24.2 Å². The molecule has 0 saturated carbocycles. The summed E-state index contributed by atoms with van der Waals surface area (Å²) in [7, 11) is 1.65. The number of hydrogen-bond donors (Lipinski definition) is 1. The van der Waals surface area contributed by atoms with Gasteiger partial charge in [-0.2, -0.15) is 0 Å². The number of carboxylic acids is 1. The average Bonchev–Trinajstić information content (AvgIpc) is 2.75. The van der Waals surface area contributed by atoms with Gasteiger partial charge in [-0.15, -0.1) is 0 Å². The molecule has 1 aromatic carbocycles. The Morgan fingerprint density at radius 3 is 2.77 bits per heavy atom. The molecular weight excluding hydrogens is 384 g/mol. The Morgan fingerprint density at radius 1 is 1.20 bits per heavy atom. The Morgan fingerprint density at radius 2 is 2.00 bits per heavy atom. The number of carboxylic acid groups (broad SMARTS) is 1. The van der Waals surface area contributed by atoms with Crippen LogP contribution in [-0.2, 0) is 20.8 Å². The van der Waals surface area contributed by atoms with Crippen LogP contribution in [0.5, 0.6) is 5.75 Å². The van der Waals surface area contributed by atoms with Gasteiger partial charge in [-0.1, -0.05) is 12.1 Å². The molecule has 4 rings (SSSR count). The Balaban J connectivity index is 1.57. The summed E-state index contributed by atoms with van der Waals surface area (Å²) in [4.78, 5) is 40.5. The molecule has 3 heterocycles. The lowest BCUT2D eigenvalue weighted by atomic mass is 9.70. The molecule has 0 aromatic heterocycles. The summed E-state index contributed by atoms with van der Waals surface area (Å²) in [6.45, 7) is 1.23. The fourth-order valence-electron chi connectivity index (χ4n) is 5.65. The van der Waals surface area contributed by atoms with Crippen molar-refractivity contribution >= 4 is 17.8 Å². The monoisotopic (exact) mass is 414 g/mol. The molecule has 1 N–H and O–H groups in total. The van der Waals surface area contributed by atoms with E-state index in [1.165, 1.54) is 0 Å². The van der Waals surface area contributed by atoms with Gasteiger partial charge in [-0.25, -0.2) is 0 Å². The number of aliphatic carboxylic acids is 1. The maximum atomic E-state index is 12.9. The highest BCUT2D eigenvalue weighted by atomic mass is 16.5. The third kappa shape index (κ3) is 4.16. The van der Waals surface area contributed by atoms with Crippen molar-refractivity contribution in [2.24, 2.45) is 11.8 Å². The predicted octanol–water partition coefficient (Wildman–Crippen LogP) is 2.33. The van der Waals surface area contributed by atoms with Crippen molar-refractivity contribution in [1.82, 2.24) is 9.80 Å². The summed E-state index contributed by atoms with van der Waals surface area (Å²) in [5.41, 5.74) is 1.13. The first-order valence-corrected chi connectivity index (χ1v) is 10.9. The maximum absolute atomic E-state index is 12.9. The summed E-state index contributed by atoms with van der Waals surface area (Å²) in [6, 6.07) is 8.20. The van der Waals surface area contributed by atoms with Gasteiger partial charge < -0.3 is 19.6 Å². The Kier molecular flexibility index (Phi) is 5.97. The molecule has 3 aliphatic heterocycles. The summed E-state index contributed by atoms with van der Waals surface area (Å²) in [6.07, 6.45) is 4.16. The molecule has 0 spiro atoms. The van der Waals surface area contributed by atoms with E-state index in [-0.39, 0.29) is 48.6 Å². The SMILES string of the molecule is COc1cccc(C[C@H]2[C@H]3C[C@H](CN(C(=O)CCC(=O)O)C3)[C@@H]3CCCC(=O)N32)c1. The number of benzene rings is 1. The second kappa shape index (κ2) is 8.66. The number of ether oxygens (including phenoxy) is 1. The minimum absolute atomic E-state index is 0.0443. The molecule has 2 amide bonds. The molecule has 1 aromatic rings. The van der Waals surface area contributed by atoms with Gasteiger partial charge in [-0.3, -0.25) is 14.4 Å². The predicted molar refractivity (Wildman–Crippen MR) is 110 cm³/mol. The highest BCUT2D eigenvalue weighted by Crippen LogP contribution is 2.42. The van der Waals surface area contributed by atoms with Crippen LogP contribution in [0, 0.1) is 11.8 Å². The molecule has 7 heteroatoms. The van der Waals surface area contributed by atoms with E-state index in [0.29, 0.717) is 19.5 Å². The normalized spacial score (nSPS) is 28.1. The number of rotatable bonds is 6. The third-order valence-corrected chi connectivity index (χ3v) is 6.98. The van der Waals surface area contributed by atoms with Gasteiger partial charge in [0.15, 0.2) is 0 Å². The van der Waals surface area contributed by atoms with E-state index in [1.807, 2.05) is 23.1 Å². The quantitative estimate of drug-likeness (QED) is 0.772. The van der Waals surface area contributed by atoms with Crippen LogP contribution in [0.25, 0.3) is 0 Å². The van der Waals surface area contributed by atoms with E-state index in [1.54, 1.807) is 7.11 Å². The minimum Gasteiger partial charge on any atom is -0.497 e. The Bertz CT molecular complexity index is 826. The fourth-order valence-corrected chi connectivity index (χ4v) is 5.65. The van der Waals surface area contributed by atoms with Crippen molar-refractivity contribution in [1.29, 1.82) is 0 Å². The number of hydrogen-bond acceptors (Lipinski definition) is 4. The molecule has 4 atom stereocenters. The van der Waals surface area contributed by atoms with E-state index >= 15 is 0 Å². The topological polar surface area (TPSA) is 87.1 Å². The van der Waals surface area contributed by atoms with Crippen molar-refractivity contribution in [2.45, 2.75) is 57.0 Å². The zero-order chi connectivity index (χ0) is 21.3. The lowest BCUT2D eigenvalue weighted by molar-refractivity contribution is -0.156. The molecule has 0 aliphatic carbocycles. The first-order valence-electron chi connectivity index (χ1n) is 10.9. The molecular formula is C23H30N2O5. The Labute approximate surface area is 177 Å². The highest BCUT2D eigenvalue weighted by molar-refractivity contribution is 5.81. The van der Waals surface area contributed by atoms with Crippen LogP contribution in [-0.4, -0.2) is 65.0 Å². The largest absolute Gasteiger partial charge is 0.497 e. The molecule has 30 heavy (non-hydrogen) atoms. The zero-order valence-electron chi connectivity index (χ0n) is 17.5. The van der Waals surface area contributed by atoms with Crippen LogP contribution in [0.3, 0.4) is 0 Å². The van der Waals surface area contributed by atoms with E-state index in [4.69, 9.17) is 9.84 Å². The number of amides is 2. The number of likely N-dealkylation sites (tertiary alicyclic amines) is 1. The van der Waals surface area contributed by atoms with Gasteiger partial charge >= 0.3 is 5.97 Å². The standard InChI is InChI=1S/C23H30N2O5/c1-30-18-5-2-4-15(10-18)11-20-17-12-16(19-6-3-7-22(27)25(19)20)13-24(14-17)21(26)8-9-23(28)29/h2,4-5,10,16-17,19-20H,3,6-9,11-14H2,1H3,(H,28,29)/t16-,17+,19+,20+/m1/s1. The van der Waals surface area contributed by atoms with Crippen LogP contribution in [0.2, 0.25) is 0 Å². The molecule has 0 unspecified atom stereocenters. The lowest BCUT2D eigenvalue weighted by Gasteiger charge is -2.56. The number of piperidine rings is 3. The number of nitrogens with zero attached hydrogens (tertiary/aromatic N) is 2. The van der Waals surface area contributed by atoms with Crippen molar-refractivity contribution in [3.63, 3.8) is 0 Å². The van der Waals surface area contributed by atoms with E-state index < -0.39 is 5.97 Å². The number of fused-ring (bicyclic) bond motifs is 4. The van der Waals surface area contributed by atoms with Crippen molar-refractivity contribution in [3.8, 4) is 5.75 Å². The second-order valence-corrected chi connectivity index (χ2v) is 8.83. The third-order valence-electron chi connectivity index (χ3n) is 6.98. The molecule has 3 aliphatic rings. The van der Waals surface area contributed by atoms with Gasteiger partial charge in [0.25, 0.3) is 0 Å². The van der Waals surface area contributed by atoms with Crippen LogP contribution < -0.4 is 4.74 Å². The van der Waals surface area contributed by atoms with Crippen molar-refractivity contribution in [2.75, 3.05) is 20.2 Å². The highest BCUT2D eigenvalue weighted by Gasteiger charge is 2.49. The van der Waals surface area contributed by atoms with Crippen LogP contribution in [0.4, 0.5) is 0 Å². The van der Waals surface area contributed by atoms with Crippen LogP contribution in [0.15, 0.2) is 24.3 Å². The second-order valence-electron chi connectivity index (χ2n) is 8.83. The van der Waals surface area contributed by atoms with Gasteiger partial charge in [-0.05, 0) is 55.2 Å². The van der Waals surface area contributed by atoms with Crippen LogP contribution >= 0.6 is 0 Å². The molecule has 3 fully saturated rings.